The van der Waals surface area contributed by atoms with Gasteiger partial charge in [-0.25, -0.2) is 0 Å². The highest BCUT2D eigenvalue weighted by Crippen LogP contribution is 2.28. The van der Waals surface area contributed by atoms with Gasteiger partial charge in [-0.2, -0.15) is 0 Å². The molecule has 0 spiro atoms. The minimum atomic E-state index is -0.201. The summed E-state index contributed by atoms with van der Waals surface area (Å²) in [6.45, 7) is 3.31. The Labute approximate surface area is 207 Å². The zero-order chi connectivity index (χ0) is 23.8. The van der Waals surface area contributed by atoms with Crippen molar-refractivity contribution in [2.24, 2.45) is 0 Å². The van der Waals surface area contributed by atoms with Gasteiger partial charge in [0.1, 0.15) is 23.0 Å². The maximum absolute atomic E-state index is 12.7. The first kappa shape index (κ1) is 25.8. The lowest BCUT2D eigenvalue weighted by Gasteiger charge is -2.13. The van der Waals surface area contributed by atoms with Crippen molar-refractivity contribution >= 4 is 22.9 Å². The zero-order valence-electron chi connectivity index (χ0n) is 20.1. The third-order valence-corrected chi connectivity index (χ3v) is 6.51. The van der Waals surface area contributed by atoms with Gasteiger partial charge in [0, 0.05) is 11.8 Å². The van der Waals surface area contributed by atoms with E-state index in [1.54, 1.807) is 24.5 Å². The molecule has 182 valence electrons. The molecule has 0 radical (unpaired) electrons. The van der Waals surface area contributed by atoms with Crippen LogP contribution in [0.15, 0.2) is 60.2 Å². The molecule has 3 rings (SSSR count). The summed E-state index contributed by atoms with van der Waals surface area (Å²) in [5.74, 6) is 1.21. The molecule has 0 aliphatic heterocycles. The van der Waals surface area contributed by atoms with E-state index in [4.69, 9.17) is 9.47 Å². The Morgan fingerprint density at radius 2 is 1.65 bits per heavy atom. The van der Waals surface area contributed by atoms with Crippen LogP contribution in [0, 0.1) is 0 Å². The lowest BCUT2D eigenvalue weighted by Crippen LogP contribution is -2.12. The standard InChI is InChI=1S/C28H36N2O3S/c1-2-3-4-5-6-7-8-9-12-19-32-25-16-11-10-14-23(25)22-33-26-17-20-34-27(26)28(31)30-24-15-13-18-29-21-24/h10-11,13-18,20-21H,2-9,12,19,22H2,1H3,(H,30,31). The normalized spacial score (nSPS) is 10.7. The molecule has 0 unspecified atom stereocenters. The van der Waals surface area contributed by atoms with Gasteiger partial charge in [-0.3, -0.25) is 9.78 Å². The van der Waals surface area contributed by atoms with E-state index in [0.29, 0.717) is 29.5 Å². The van der Waals surface area contributed by atoms with Crippen molar-refractivity contribution in [1.82, 2.24) is 4.98 Å². The van der Waals surface area contributed by atoms with Crippen LogP contribution in [-0.4, -0.2) is 17.5 Å². The molecular weight excluding hydrogens is 444 g/mol. The number of thiophene rings is 1. The van der Waals surface area contributed by atoms with E-state index < -0.39 is 0 Å². The molecule has 2 heterocycles. The number of anilines is 1. The first-order valence-corrected chi connectivity index (χ1v) is 13.3. The van der Waals surface area contributed by atoms with Crippen molar-refractivity contribution < 1.29 is 14.3 Å². The third kappa shape index (κ3) is 8.82. The van der Waals surface area contributed by atoms with Crippen LogP contribution < -0.4 is 14.8 Å². The molecule has 34 heavy (non-hydrogen) atoms. The monoisotopic (exact) mass is 480 g/mol. The fourth-order valence-corrected chi connectivity index (χ4v) is 4.44. The van der Waals surface area contributed by atoms with Crippen molar-refractivity contribution in [2.45, 2.75) is 71.3 Å². The number of nitrogens with zero attached hydrogens (tertiary/aromatic N) is 1. The molecule has 2 aromatic heterocycles. The maximum Gasteiger partial charge on any atom is 0.269 e. The molecule has 0 aliphatic rings. The van der Waals surface area contributed by atoms with E-state index >= 15 is 0 Å². The van der Waals surface area contributed by atoms with Gasteiger partial charge in [-0.05, 0) is 36.1 Å². The average molecular weight is 481 g/mol. The lowest BCUT2D eigenvalue weighted by atomic mass is 10.1. The van der Waals surface area contributed by atoms with Crippen LogP contribution in [0.25, 0.3) is 0 Å². The number of nitrogens with one attached hydrogen (secondary N) is 1. The van der Waals surface area contributed by atoms with E-state index in [1.807, 2.05) is 35.7 Å². The van der Waals surface area contributed by atoms with Gasteiger partial charge in [0.05, 0.1) is 18.5 Å². The topological polar surface area (TPSA) is 60.5 Å². The van der Waals surface area contributed by atoms with Crippen LogP contribution in [-0.2, 0) is 6.61 Å². The molecule has 0 aliphatic carbocycles. The maximum atomic E-state index is 12.7. The molecule has 6 heteroatoms. The summed E-state index contributed by atoms with van der Waals surface area (Å²) >= 11 is 1.36. The van der Waals surface area contributed by atoms with Crippen molar-refractivity contribution in [3.8, 4) is 11.5 Å². The predicted molar refractivity (Wildman–Crippen MR) is 140 cm³/mol. The number of carbonyl (C=O) groups excluding carboxylic acids is 1. The molecule has 0 saturated carbocycles. The zero-order valence-corrected chi connectivity index (χ0v) is 20.9. The highest BCUT2D eigenvalue weighted by molar-refractivity contribution is 7.12. The summed E-state index contributed by atoms with van der Waals surface area (Å²) in [6.07, 6.45) is 14.9. The number of ether oxygens (including phenoxy) is 2. The number of amides is 1. The van der Waals surface area contributed by atoms with Crippen LogP contribution in [0.3, 0.4) is 0 Å². The van der Waals surface area contributed by atoms with Crippen LogP contribution in [0.2, 0.25) is 0 Å². The van der Waals surface area contributed by atoms with E-state index in [2.05, 4.69) is 17.2 Å². The Balaban J connectivity index is 1.42. The second-order valence-electron chi connectivity index (χ2n) is 8.38. The van der Waals surface area contributed by atoms with Crippen molar-refractivity contribution in [3.05, 3.63) is 70.7 Å². The minimum absolute atomic E-state index is 0.201. The third-order valence-electron chi connectivity index (χ3n) is 5.62. The lowest BCUT2D eigenvalue weighted by molar-refractivity contribution is 0.102. The highest BCUT2D eigenvalue weighted by atomic mass is 32.1. The molecule has 3 aromatic rings. The minimum Gasteiger partial charge on any atom is -0.493 e. The van der Waals surface area contributed by atoms with Crippen molar-refractivity contribution in [1.29, 1.82) is 0 Å². The van der Waals surface area contributed by atoms with Crippen LogP contribution in [0.4, 0.5) is 5.69 Å². The number of benzene rings is 1. The molecule has 1 amide bonds. The van der Waals surface area contributed by atoms with Crippen molar-refractivity contribution in [3.63, 3.8) is 0 Å². The van der Waals surface area contributed by atoms with Gasteiger partial charge in [-0.1, -0.05) is 76.5 Å². The van der Waals surface area contributed by atoms with E-state index in [-0.39, 0.29) is 5.91 Å². The van der Waals surface area contributed by atoms with E-state index in [9.17, 15) is 4.79 Å². The summed E-state index contributed by atoms with van der Waals surface area (Å²) < 4.78 is 12.1. The summed E-state index contributed by atoms with van der Waals surface area (Å²) in [7, 11) is 0. The van der Waals surface area contributed by atoms with Crippen molar-refractivity contribution in [2.75, 3.05) is 11.9 Å². The number of pyridine rings is 1. The van der Waals surface area contributed by atoms with Gasteiger partial charge in [0.25, 0.3) is 5.91 Å². The van der Waals surface area contributed by atoms with Gasteiger partial charge in [-0.15, -0.1) is 11.3 Å². The molecule has 0 fully saturated rings. The number of hydrogen-bond donors (Lipinski definition) is 1. The molecule has 5 nitrogen and oxygen atoms in total. The van der Waals surface area contributed by atoms with Gasteiger partial charge < -0.3 is 14.8 Å². The second kappa shape index (κ2) is 15.1. The quantitative estimate of drug-likeness (QED) is 0.212. The van der Waals surface area contributed by atoms with E-state index in [0.717, 1.165) is 17.7 Å². The Hall–Kier alpha value is -2.86. The Morgan fingerprint density at radius 1 is 0.882 bits per heavy atom. The number of hydrogen-bond acceptors (Lipinski definition) is 5. The van der Waals surface area contributed by atoms with Gasteiger partial charge in [0.2, 0.25) is 0 Å². The fraction of sp³-hybridized carbons (Fsp3) is 0.429. The summed E-state index contributed by atoms with van der Waals surface area (Å²) in [5, 5.41) is 4.72. The molecule has 0 atom stereocenters. The first-order valence-electron chi connectivity index (χ1n) is 12.4. The predicted octanol–water partition coefficient (Wildman–Crippen LogP) is 7.88. The largest absolute Gasteiger partial charge is 0.493 e. The number of aromatic nitrogens is 1. The molecular formula is C28H36N2O3S. The van der Waals surface area contributed by atoms with Gasteiger partial charge in [0.15, 0.2) is 0 Å². The Kier molecular flexibility index (Phi) is 11.5. The van der Waals surface area contributed by atoms with Gasteiger partial charge >= 0.3 is 0 Å². The molecule has 0 saturated heterocycles. The molecule has 0 bridgehead atoms. The second-order valence-corrected chi connectivity index (χ2v) is 9.30. The SMILES string of the molecule is CCCCCCCCCCCOc1ccccc1COc1ccsc1C(=O)Nc1cccnc1. The smallest absolute Gasteiger partial charge is 0.269 e. The Bertz CT molecular complexity index is 975. The summed E-state index contributed by atoms with van der Waals surface area (Å²) in [4.78, 5) is 17.2. The highest BCUT2D eigenvalue weighted by Gasteiger charge is 2.15. The number of para-hydroxylation sites is 1. The van der Waals surface area contributed by atoms with E-state index in [1.165, 1.54) is 62.7 Å². The van der Waals surface area contributed by atoms with Crippen LogP contribution >= 0.6 is 11.3 Å². The number of unbranched alkanes of at least 4 members (excludes halogenated alkanes) is 8. The molecule has 1 aromatic carbocycles. The molecule has 1 N–H and O–H groups in total. The summed E-state index contributed by atoms with van der Waals surface area (Å²) in [5.41, 5.74) is 1.63. The number of carbonyl (C=O) groups is 1. The first-order chi connectivity index (χ1) is 16.8. The van der Waals surface area contributed by atoms with Crippen LogP contribution in [0.5, 0.6) is 11.5 Å². The number of rotatable bonds is 16. The fourth-order valence-electron chi connectivity index (χ4n) is 3.72. The van der Waals surface area contributed by atoms with Crippen LogP contribution in [0.1, 0.15) is 79.9 Å². The average Bonchev–Trinajstić information content (AvgIpc) is 3.34. The summed E-state index contributed by atoms with van der Waals surface area (Å²) in [6, 6.07) is 13.4. The Morgan fingerprint density at radius 3 is 2.41 bits per heavy atom.